The lowest BCUT2D eigenvalue weighted by Gasteiger charge is -2.37. The first-order chi connectivity index (χ1) is 13.9. The van der Waals surface area contributed by atoms with E-state index in [2.05, 4.69) is 34.9 Å². The van der Waals surface area contributed by atoms with Gasteiger partial charge < -0.3 is 9.64 Å². The maximum Gasteiger partial charge on any atom is 0.238 e. The van der Waals surface area contributed by atoms with Crippen LogP contribution in [0.5, 0.6) is 0 Å². The molecule has 29 heavy (non-hydrogen) atoms. The molecule has 0 saturated carbocycles. The Balaban J connectivity index is 1.30. The number of rotatable bonds is 5. The number of hydrogen-bond acceptors (Lipinski definition) is 5. The van der Waals surface area contributed by atoms with Crippen molar-refractivity contribution in [2.45, 2.75) is 30.8 Å². The smallest absolute Gasteiger partial charge is 0.238 e. The highest BCUT2D eigenvalue weighted by molar-refractivity contribution is 7.89. The lowest BCUT2D eigenvalue weighted by molar-refractivity contribution is 0.0289. The van der Waals surface area contributed by atoms with Crippen LogP contribution in [0.2, 0.25) is 0 Å². The number of piperazine rings is 1. The lowest BCUT2D eigenvalue weighted by Crippen LogP contribution is -2.47. The Morgan fingerprint density at radius 3 is 2.48 bits per heavy atom. The molecule has 156 valence electrons. The van der Waals surface area contributed by atoms with Gasteiger partial charge in [0.05, 0.1) is 17.6 Å². The van der Waals surface area contributed by atoms with Crippen LogP contribution in [0.25, 0.3) is 0 Å². The normalized spacial score (nSPS) is 20.5. The molecule has 0 aromatic heterocycles. The maximum absolute atomic E-state index is 11.4. The molecule has 0 radical (unpaired) electrons. The van der Waals surface area contributed by atoms with Crippen molar-refractivity contribution in [2.75, 3.05) is 44.2 Å². The summed E-state index contributed by atoms with van der Waals surface area (Å²) < 4.78 is 28.9. The SMILES string of the molecule is Cc1ccc2c(c1)C(CCN1CCN(c3ccc(S(N)(=O)=O)cc3)CC1)OCC2. The topological polar surface area (TPSA) is 75.9 Å². The van der Waals surface area contributed by atoms with Gasteiger partial charge >= 0.3 is 0 Å². The van der Waals surface area contributed by atoms with Crippen LogP contribution in [0.4, 0.5) is 5.69 Å². The van der Waals surface area contributed by atoms with E-state index in [1.807, 2.05) is 12.1 Å². The van der Waals surface area contributed by atoms with E-state index in [1.165, 1.54) is 16.7 Å². The quantitative estimate of drug-likeness (QED) is 0.812. The minimum Gasteiger partial charge on any atom is -0.373 e. The second-order valence-electron chi connectivity index (χ2n) is 7.97. The van der Waals surface area contributed by atoms with E-state index in [9.17, 15) is 8.42 Å². The summed E-state index contributed by atoms with van der Waals surface area (Å²) in [7, 11) is -3.64. The van der Waals surface area contributed by atoms with Crippen molar-refractivity contribution in [3.63, 3.8) is 0 Å². The molecule has 7 heteroatoms. The van der Waals surface area contributed by atoms with E-state index < -0.39 is 10.0 Å². The van der Waals surface area contributed by atoms with E-state index in [-0.39, 0.29) is 11.0 Å². The molecular formula is C22H29N3O3S. The van der Waals surface area contributed by atoms with Gasteiger partial charge in [0.2, 0.25) is 10.0 Å². The van der Waals surface area contributed by atoms with Crippen molar-refractivity contribution in [1.29, 1.82) is 0 Å². The molecule has 1 fully saturated rings. The molecule has 0 spiro atoms. The summed E-state index contributed by atoms with van der Waals surface area (Å²) in [6.45, 7) is 7.81. The van der Waals surface area contributed by atoms with Crippen LogP contribution in [-0.4, -0.2) is 52.6 Å². The summed E-state index contributed by atoms with van der Waals surface area (Å²) in [6.07, 6.45) is 2.22. The van der Waals surface area contributed by atoms with Gasteiger partial charge in [-0.25, -0.2) is 13.6 Å². The van der Waals surface area contributed by atoms with E-state index in [4.69, 9.17) is 9.88 Å². The largest absolute Gasteiger partial charge is 0.373 e. The van der Waals surface area contributed by atoms with Crippen molar-refractivity contribution < 1.29 is 13.2 Å². The van der Waals surface area contributed by atoms with Crippen molar-refractivity contribution in [1.82, 2.24) is 4.90 Å². The number of fused-ring (bicyclic) bond motifs is 1. The average molecular weight is 416 g/mol. The Morgan fingerprint density at radius 2 is 1.79 bits per heavy atom. The maximum atomic E-state index is 11.4. The zero-order valence-electron chi connectivity index (χ0n) is 16.9. The molecule has 0 amide bonds. The van der Waals surface area contributed by atoms with Crippen LogP contribution >= 0.6 is 0 Å². The Morgan fingerprint density at radius 1 is 1.07 bits per heavy atom. The molecule has 0 aliphatic carbocycles. The van der Waals surface area contributed by atoms with E-state index in [1.54, 1.807) is 12.1 Å². The van der Waals surface area contributed by atoms with E-state index in [0.29, 0.717) is 0 Å². The number of nitrogens with two attached hydrogens (primary N) is 1. The fourth-order valence-electron chi connectivity index (χ4n) is 4.26. The number of primary sulfonamides is 1. The van der Waals surface area contributed by atoms with Crippen LogP contribution in [0.3, 0.4) is 0 Å². The fourth-order valence-corrected chi connectivity index (χ4v) is 4.77. The van der Waals surface area contributed by atoms with Crippen LogP contribution in [-0.2, 0) is 21.2 Å². The Hall–Kier alpha value is -1.93. The summed E-state index contributed by atoms with van der Waals surface area (Å²) in [5.74, 6) is 0. The van der Waals surface area contributed by atoms with Gasteiger partial charge in [0.1, 0.15) is 0 Å². The first-order valence-electron chi connectivity index (χ1n) is 10.2. The van der Waals surface area contributed by atoms with E-state index >= 15 is 0 Å². The Kier molecular flexibility index (Phi) is 5.92. The number of aryl methyl sites for hydroxylation is 1. The molecule has 2 heterocycles. The minimum absolute atomic E-state index is 0.155. The summed E-state index contributed by atoms with van der Waals surface area (Å²) in [6, 6.07) is 13.6. The van der Waals surface area contributed by atoms with Crippen molar-refractivity contribution in [3.8, 4) is 0 Å². The molecular weight excluding hydrogens is 386 g/mol. The van der Waals surface area contributed by atoms with Gasteiger partial charge in [0.15, 0.2) is 0 Å². The number of nitrogens with zero attached hydrogens (tertiary/aromatic N) is 2. The standard InChI is InChI=1S/C22H29N3O3S/c1-17-2-3-18-9-15-28-22(21(18)16-17)8-10-24-11-13-25(14-12-24)19-4-6-20(7-5-19)29(23,26)27/h2-7,16,22H,8-15H2,1H3,(H2,23,26,27). The summed E-state index contributed by atoms with van der Waals surface area (Å²) in [5.41, 5.74) is 5.13. The first-order valence-corrected chi connectivity index (χ1v) is 11.8. The molecule has 6 nitrogen and oxygen atoms in total. The predicted molar refractivity (Wildman–Crippen MR) is 115 cm³/mol. The van der Waals surface area contributed by atoms with Crippen LogP contribution in [0.15, 0.2) is 47.4 Å². The second-order valence-corrected chi connectivity index (χ2v) is 9.53. The van der Waals surface area contributed by atoms with Gasteiger partial charge in [0.25, 0.3) is 0 Å². The van der Waals surface area contributed by atoms with Crippen molar-refractivity contribution in [3.05, 3.63) is 59.2 Å². The third-order valence-corrected chi connectivity index (χ3v) is 6.88. The van der Waals surface area contributed by atoms with Crippen LogP contribution < -0.4 is 10.0 Å². The second kappa shape index (κ2) is 8.44. The third kappa shape index (κ3) is 4.80. The monoisotopic (exact) mass is 415 g/mol. The van der Waals surface area contributed by atoms with Gasteiger partial charge in [0, 0.05) is 38.4 Å². The Bertz CT molecular complexity index is 952. The van der Waals surface area contributed by atoms with Crippen molar-refractivity contribution in [2.24, 2.45) is 5.14 Å². The number of hydrogen-bond donors (Lipinski definition) is 1. The first kappa shape index (κ1) is 20.3. The lowest BCUT2D eigenvalue weighted by atomic mass is 9.94. The Labute approximate surface area is 173 Å². The predicted octanol–water partition coefficient (Wildman–Crippen LogP) is 2.47. The fraction of sp³-hybridized carbons (Fsp3) is 0.455. The molecule has 2 aliphatic rings. The number of ether oxygens (including phenoxy) is 1. The average Bonchev–Trinajstić information content (AvgIpc) is 2.72. The molecule has 4 rings (SSSR count). The van der Waals surface area contributed by atoms with Gasteiger partial charge in [-0.2, -0.15) is 0 Å². The number of sulfonamides is 1. The summed E-state index contributed by atoms with van der Waals surface area (Å²) in [4.78, 5) is 4.94. The summed E-state index contributed by atoms with van der Waals surface area (Å²) >= 11 is 0. The molecule has 1 atom stereocenters. The minimum atomic E-state index is -3.64. The zero-order valence-corrected chi connectivity index (χ0v) is 17.7. The van der Waals surface area contributed by atoms with E-state index in [0.717, 1.165) is 57.9 Å². The van der Waals surface area contributed by atoms with Gasteiger partial charge in [-0.3, -0.25) is 4.90 Å². The number of anilines is 1. The van der Waals surface area contributed by atoms with Crippen molar-refractivity contribution >= 4 is 15.7 Å². The highest BCUT2D eigenvalue weighted by atomic mass is 32.2. The molecule has 1 unspecified atom stereocenters. The van der Waals surface area contributed by atoms with Gasteiger partial charge in [-0.05, 0) is 55.2 Å². The molecule has 1 saturated heterocycles. The highest BCUT2D eigenvalue weighted by Gasteiger charge is 2.23. The highest BCUT2D eigenvalue weighted by Crippen LogP contribution is 2.31. The molecule has 2 aliphatic heterocycles. The van der Waals surface area contributed by atoms with Gasteiger partial charge in [-0.1, -0.05) is 23.8 Å². The molecule has 0 bridgehead atoms. The zero-order chi connectivity index (χ0) is 20.4. The molecule has 2 aromatic rings. The van der Waals surface area contributed by atoms with Crippen LogP contribution in [0, 0.1) is 6.92 Å². The third-order valence-electron chi connectivity index (χ3n) is 5.95. The molecule has 2 aromatic carbocycles. The summed E-state index contributed by atoms with van der Waals surface area (Å²) in [5, 5.41) is 5.18. The number of benzene rings is 2. The van der Waals surface area contributed by atoms with Crippen LogP contribution in [0.1, 0.15) is 29.2 Å². The molecule has 2 N–H and O–H groups in total. The van der Waals surface area contributed by atoms with Gasteiger partial charge in [-0.15, -0.1) is 0 Å².